The first-order valence-electron chi connectivity index (χ1n) is 3.26. The molecule has 0 radical (unpaired) electrons. The van der Waals surface area contributed by atoms with E-state index in [1.807, 2.05) is 0 Å². The largest absolute Gasteiger partial charge is 0.658 e. The van der Waals surface area contributed by atoms with Crippen LogP contribution in [0.15, 0.2) is 0 Å². The summed E-state index contributed by atoms with van der Waals surface area (Å²) in [6, 6.07) is 0. The van der Waals surface area contributed by atoms with Gasteiger partial charge in [-0.3, -0.25) is 0 Å². The molecule has 84 valence electrons. The molecule has 0 saturated carbocycles. The molecule has 0 aliphatic carbocycles. The molecule has 0 unspecified atom stereocenters. The summed E-state index contributed by atoms with van der Waals surface area (Å²) < 4.78 is 86.5. The lowest BCUT2D eigenvalue weighted by Gasteiger charge is -2.09. The molecule has 0 nitrogen and oxygen atoms in total. The number of benzene rings is 1. The molecule has 0 aliphatic rings. The zero-order valence-electron chi connectivity index (χ0n) is 6.52. The van der Waals surface area contributed by atoms with Gasteiger partial charge in [-0.15, -0.1) is 0 Å². The highest BCUT2D eigenvalue weighted by Gasteiger charge is 2.48. The molecule has 0 amide bonds. The van der Waals surface area contributed by atoms with Crippen LogP contribution >= 0.6 is 11.6 Å². The first kappa shape index (κ1) is 12.3. The molecular weight excluding hydrogens is 269 g/mol. The van der Waals surface area contributed by atoms with Gasteiger partial charge in [-0.2, -0.15) is 0 Å². The highest BCUT2D eigenvalue weighted by molar-refractivity contribution is 6.76. The van der Waals surface area contributed by atoms with Crippen molar-refractivity contribution < 1.29 is 29.9 Å². The predicted molar refractivity (Wildman–Crippen MR) is 40.0 cm³/mol. The van der Waals surface area contributed by atoms with Gasteiger partial charge >= 0.3 is 9.08 Å². The summed E-state index contributed by atoms with van der Waals surface area (Å²) in [5.74, 6) is -9.62. The number of rotatable bonds is 1. The van der Waals surface area contributed by atoms with Crippen LogP contribution in [-0.2, 0) is 0 Å². The molecule has 0 atom stereocenters. The van der Waals surface area contributed by atoms with Crippen molar-refractivity contribution in [2.24, 2.45) is 0 Å². The summed E-state index contributed by atoms with van der Waals surface area (Å²) in [5, 5.41) is -3.99. The summed E-state index contributed by atoms with van der Waals surface area (Å²) in [4.78, 5) is 0. The van der Waals surface area contributed by atoms with Gasteiger partial charge in [0.05, 0.1) is 10.2 Å². The zero-order chi connectivity index (χ0) is 12.0. The Labute approximate surface area is 84.8 Å². The highest BCUT2D eigenvalue weighted by Crippen LogP contribution is 2.25. The van der Waals surface area contributed by atoms with E-state index in [2.05, 4.69) is 0 Å². The first-order valence-corrected chi connectivity index (χ1v) is 5.27. The summed E-state index contributed by atoms with van der Waals surface area (Å²) in [7, 11) is -6.86. The molecule has 0 N–H and O–H groups in total. The summed E-state index contributed by atoms with van der Waals surface area (Å²) >= 11 is 4.75. The number of halogens is 8. The maximum Gasteiger partial charge on any atom is 0.658 e. The van der Waals surface area contributed by atoms with E-state index in [1.54, 1.807) is 0 Å². The molecule has 15 heavy (non-hydrogen) atoms. The Hall–Kier alpha value is -0.763. The molecule has 9 heteroatoms. The second-order valence-corrected chi connectivity index (χ2v) is 4.32. The van der Waals surface area contributed by atoms with E-state index >= 15 is 0 Å². The van der Waals surface area contributed by atoms with Gasteiger partial charge < -0.3 is 0 Å². The van der Waals surface area contributed by atoms with Crippen molar-refractivity contribution in [2.75, 3.05) is 0 Å². The van der Waals surface area contributed by atoms with Crippen molar-refractivity contribution in [1.82, 2.24) is 0 Å². The van der Waals surface area contributed by atoms with Crippen molar-refractivity contribution in [3.8, 4) is 0 Å². The lowest BCUT2D eigenvalue weighted by atomic mass is 10.3. The minimum absolute atomic E-state index is 1.77. The van der Waals surface area contributed by atoms with Crippen molar-refractivity contribution >= 4 is 25.9 Å². The minimum Gasteiger partial charge on any atom is -0.234 e. The smallest absolute Gasteiger partial charge is 0.234 e. The topological polar surface area (TPSA) is 0 Å². The zero-order valence-corrected chi connectivity index (χ0v) is 8.28. The average molecular weight is 269 g/mol. The van der Waals surface area contributed by atoms with E-state index in [0.717, 1.165) is 0 Å². The van der Waals surface area contributed by atoms with E-state index in [-0.39, 0.29) is 0 Å². The van der Waals surface area contributed by atoms with Gasteiger partial charge in [-0.25, -0.2) is 29.9 Å². The van der Waals surface area contributed by atoms with Crippen LogP contribution in [0.5, 0.6) is 0 Å². The van der Waals surface area contributed by atoms with Gasteiger partial charge in [0.1, 0.15) is 0 Å². The fourth-order valence-electron chi connectivity index (χ4n) is 0.854. The molecule has 1 rings (SSSR count). The van der Waals surface area contributed by atoms with Crippen molar-refractivity contribution in [3.05, 3.63) is 28.3 Å². The lowest BCUT2D eigenvalue weighted by molar-refractivity contribution is 0.407. The van der Waals surface area contributed by atoms with Crippen molar-refractivity contribution in [2.45, 2.75) is 0 Å². The van der Waals surface area contributed by atoms with Crippen LogP contribution in [0.3, 0.4) is 0 Å². The van der Waals surface area contributed by atoms with Crippen LogP contribution in [-0.4, -0.2) is 9.08 Å². The third-order valence-electron chi connectivity index (χ3n) is 1.49. The van der Waals surface area contributed by atoms with E-state index in [1.165, 1.54) is 0 Å². The maximum atomic E-state index is 12.6. The molecule has 0 heterocycles. The first-order chi connectivity index (χ1) is 6.68. The van der Waals surface area contributed by atoms with Gasteiger partial charge in [-0.1, -0.05) is 11.6 Å². The molecular formula is C6ClF7Si. The molecule has 0 spiro atoms. The molecule has 0 aromatic heterocycles. The summed E-state index contributed by atoms with van der Waals surface area (Å²) in [6.45, 7) is 0. The van der Waals surface area contributed by atoms with E-state index < -0.39 is 42.6 Å². The summed E-state index contributed by atoms with van der Waals surface area (Å²) in [5.41, 5.74) is 0. The SMILES string of the molecule is Fc1c(F)c(F)c([Si](F)(F)F)c(Cl)c1F. The monoisotopic (exact) mass is 268 g/mol. The number of hydrogen-bond donors (Lipinski definition) is 0. The third kappa shape index (κ3) is 1.96. The molecule has 0 fully saturated rings. The molecule has 1 aromatic carbocycles. The van der Waals surface area contributed by atoms with Crippen LogP contribution in [0.25, 0.3) is 0 Å². The van der Waals surface area contributed by atoms with E-state index in [0.29, 0.717) is 0 Å². The number of hydrogen-bond acceptors (Lipinski definition) is 0. The highest BCUT2D eigenvalue weighted by atomic mass is 35.5. The van der Waals surface area contributed by atoms with Crippen LogP contribution in [0.1, 0.15) is 0 Å². The van der Waals surface area contributed by atoms with Gasteiger partial charge in [-0.05, 0) is 0 Å². The Balaban J connectivity index is 3.68. The molecule has 0 bridgehead atoms. The second kappa shape index (κ2) is 3.67. The Morgan fingerprint density at radius 3 is 1.53 bits per heavy atom. The fourth-order valence-corrected chi connectivity index (χ4v) is 2.06. The second-order valence-electron chi connectivity index (χ2n) is 2.44. The van der Waals surface area contributed by atoms with Gasteiger partial charge in [0.25, 0.3) is 0 Å². The Bertz CT molecular complexity index is 384. The average Bonchev–Trinajstić information content (AvgIpc) is 2.09. The fraction of sp³-hybridized carbons (Fsp3) is 0. The summed E-state index contributed by atoms with van der Waals surface area (Å²) in [6.07, 6.45) is 0. The molecule has 1 aromatic rings. The Morgan fingerprint density at radius 2 is 1.13 bits per heavy atom. The normalized spacial score (nSPS) is 12.0. The van der Waals surface area contributed by atoms with Crippen molar-refractivity contribution in [1.29, 1.82) is 0 Å². The minimum atomic E-state index is -6.86. The van der Waals surface area contributed by atoms with E-state index in [4.69, 9.17) is 11.6 Å². The molecule has 0 aliphatic heterocycles. The van der Waals surface area contributed by atoms with Crippen LogP contribution in [0.2, 0.25) is 5.02 Å². The van der Waals surface area contributed by atoms with Crippen LogP contribution in [0, 0.1) is 23.3 Å². The Kier molecular flexibility index (Phi) is 3.01. The standard InChI is InChI=1S/C6ClF7Si/c7-1-2(8)3(9)4(10)5(11)6(1)15(12,13)14. The van der Waals surface area contributed by atoms with Crippen LogP contribution < -0.4 is 5.19 Å². The molecule has 0 saturated heterocycles. The Morgan fingerprint density at radius 1 is 0.733 bits per heavy atom. The predicted octanol–water partition coefficient (Wildman–Crippen LogP) is 2.95. The van der Waals surface area contributed by atoms with Gasteiger partial charge in [0.2, 0.25) is 0 Å². The van der Waals surface area contributed by atoms with E-state index in [9.17, 15) is 29.9 Å². The van der Waals surface area contributed by atoms with Crippen LogP contribution in [0.4, 0.5) is 29.9 Å². The third-order valence-corrected chi connectivity index (χ3v) is 3.04. The van der Waals surface area contributed by atoms with Crippen molar-refractivity contribution in [3.63, 3.8) is 0 Å². The van der Waals surface area contributed by atoms with Gasteiger partial charge in [0.15, 0.2) is 23.3 Å². The lowest BCUT2D eigenvalue weighted by Crippen LogP contribution is -2.39. The quantitative estimate of drug-likeness (QED) is 0.241. The van der Waals surface area contributed by atoms with Gasteiger partial charge in [0, 0.05) is 0 Å². The maximum absolute atomic E-state index is 12.6.